The average molecular weight is 303 g/mol. The molecular weight excluding hydrogens is 285 g/mol. The van der Waals surface area contributed by atoms with Crippen molar-refractivity contribution in [3.63, 3.8) is 0 Å². The Balaban J connectivity index is 2.63. The second kappa shape index (κ2) is 5.71. The van der Waals surface area contributed by atoms with Crippen LogP contribution in [0.4, 0.5) is 0 Å². The van der Waals surface area contributed by atoms with Gasteiger partial charge in [-0.2, -0.15) is 0 Å². The van der Waals surface area contributed by atoms with E-state index in [0.29, 0.717) is 12.0 Å². The molecule has 0 heterocycles. The zero-order chi connectivity index (χ0) is 10.6. The van der Waals surface area contributed by atoms with Gasteiger partial charge in [-0.15, -0.1) is 0 Å². The molecule has 0 saturated heterocycles. The molecule has 1 N–H and O–H groups in total. The van der Waals surface area contributed by atoms with Gasteiger partial charge in [0.15, 0.2) is 0 Å². The number of hydrogen-bond acceptors (Lipinski definition) is 1. The van der Waals surface area contributed by atoms with Crippen LogP contribution in [0.15, 0.2) is 24.3 Å². The van der Waals surface area contributed by atoms with Crippen molar-refractivity contribution < 1.29 is 0 Å². The fraction of sp³-hybridized carbons (Fsp3) is 0.500. The number of hydrogen-bond donors (Lipinski definition) is 1. The van der Waals surface area contributed by atoms with Crippen LogP contribution >= 0.6 is 22.6 Å². The Bertz CT molecular complexity index is 266. The molecular formula is C12H18IN. The maximum absolute atomic E-state index is 3.36. The predicted octanol–water partition coefficient (Wildman–Crippen LogP) is 3.08. The van der Waals surface area contributed by atoms with Crippen LogP contribution in [0.2, 0.25) is 0 Å². The van der Waals surface area contributed by atoms with Gasteiger partial charge in [-0.25, -0.2) is 0 Å². The minimum atomic E-state index is 0.579. The highest BCUT2D eigenvalue weighted by Crippen LogP contribution is 2.12. The average Bonchev–Trinajstić information content (AvgIpc) is 2.16. The fourth-order valence-corrected chi connectivity index (χ4v) is 1.91. The van der Waals surface area contributed by atoms with Gasteiger partial charge in [0, 0.05) is 9.61 Å². The van der Waals surface area contributed by atoms with Crippen LogP contribution < -0.4 is 5.32 Å². The Morgan fingerprint density at radius 3 is 2.21 bits per heavy atom. The molecule has 1 rings (SSSR count). The molecule has 1 atom stereocenters. The second-order valence-electron chi connectivity index (χ2n) is 3.97. The molecule has 0 fully saturated rings. The first kappa shape index (κ1) is 12.0. The lowest BCUT2D eigenvalue weighted by Gasteiger charge is -2.20. The van der Waals surface area contributed by atoms with Gasteiger partial charge in [0.05, 0.1) is 0 Å². The largest absolute Gasteiger partial charge is 0.316 e. The van der Waals surface area contributed by atoms with Gasteiger partial charge in [-0.3, -0.25) is 0 Å². The van der Waals surface area contributed by atoms with Crippen molar-refractivity contribution >= 4 is 22.6 Å². The van der Waals surface area contributed by atoms with E-state index >= 15 is 0 Å². The van der Waals surface area contributed by atoms with Crippen molar-refractivity contribution in [1.82, 2.24) is 5.32 Å². The number of halogens is 1. The van der Waals surface area contributed by atoms with Gasteiger partial charge in [0.2, 0.25) is 0 Å². The molecule has 14 heavy (non-hydrogen) atoms. The minimum absolute atomic E-state index is 0.579. The van der Waals surface area contributed by atoms with Crippen molar-refractivity contribution in [2.45, 2.75) is 26.3 Å². The molecule has 0 aliphatic rings. The van der Waals surface area contributed by atoms with Gasteiger partial charge in [-0.1, -0.05) is 26.0 Å². The maximum Gasteiger partial charge on any atom is 0.0130 e. The first-order valence-electron chi connectivity index (χ1n) is 5.05. The number of benzene rings is 1. The summed E-state index contributed by atoms with van der Waals surface area (Å²) in [6.07, 6.45) is 1.12. The Kier molecular flexibility index (Phi) is 4.89. The van der Waals surface area contributed by atoms with Gasteiger partial charge >= 0.3 is 0 Å². The van der Waals surface area contributed by atoms with E-state index in [4.69, 9.17) is 0 Å². The summed E-state index contributed by atoms with van der Waals surface area (Å²) < 4.78 is 1.30. The first-order chi connectivity index (χ1) is 6.63. The molecule has 0 amide bonds. The molecule has 0 aliphatic heterocycles. The highest BCUT2D eigenvalue weighted by Gasteiger charge is 2.10. The summed E-state index contributed by atoms with van der Waals surface area (Å²) in [5, 5.41) is 3.36. The summed E-state index contributed by atoms with van der Waals surface area (Å²) in [5.41, 5.74) is 1.42. The lowest BCUT2D eigenvalue weighted by atomic mass is 9.97. The van der Waals surface area contributed by atoms with Gasteiger partial charge in [0.25, 0.3) is 0 Å². The van der Waals surface area contributed by atoms with Crippen LogP contribution in [0.25, 0.3) is 0 Å². The molecule has 0 aromatic heterocycles. The third kappa shape index (κ3) is 3.58. The number of likely N-dealkylation sites (N-methyl/N-ethyl adjacent to an activating group) is 1. The van der Waals surface area contributed by atoms with E-state index in [-0.39, 0.29) is 0 Å². The molecule has 0 bridgehead atoms. The monoisotopic (exact) mass is 303 g/mol. The lowest BCUT2D eigenvalue weighted by Crippen LogP contribution is -2.32. The van der Waals surface area contributed by atoms with Crippen LogP contribution in [-0.4, -0.2) is 13.1 Å². The molecule has 1 aromatic rings. The summed E-state index contributed by atoms with van der Waals surface area (Å²) in [6, 6.07) is 9.35. The molecule has 78 valence electrons. The summed E-state index contributed by atoms with van der Waals surface area (Å²) in [7, 11) is 2.04. The third-order valence-corrected chi connectivity index (χ3v) is 3.26. The number of rotatable bonds is 4. The molecule has 0 spiro atoms. The fourth-order valence-electron chi connectivity index (χ4n) is 1.55. The molecule has 0 aliphatic carbocycles. The quantitative estimate of drug-likeness (QED) is 0.843. The molecule has 2 heteroatoms. The minimum Gasteiger partial charge on any atom is -0.316 e. The summed E-state index contributed by atoms with van der Waals surface area (Å²) in [4.78, 5) is 0. The van der Waals surface area contributed by atoms with Gasteiger partial charge in [-0.05, 0) is 59.7 Å². The molecule has 1 unspecified atom stereocenters. The van der Waals surface area contributed by atoms with Gasteiger partial charge < -0.3 is 5.32 Å². The van der Waals surface area contributed by atoms with E-state index in [1.165, 1.54) is 9.13 Å². The first-order valence-corrected chi connectivity index (χ1v) is 6.13. The van der Waals surface area contributed by atoms with Crippen molar-refractivity contribution in [2.24, 2.45) is 5.92 Å². The van der Waals surface area contributed by atoms with Gasteiger partial charge in [0.1, 0.15) is 0 Å². The molecule has 1 aromatic carbocycles. The second-order valence-corrected chi connectivity index (χ2v) is 5.22. The topological polar surface area (TPSA) is 12.0 Å². The zero-order valence-electron chi connectivity index (χ0n) is 9.05. The summed E-state index contributed by atoms with van der Waals surface area (Å²) in [6.45, 7) is 4.52. The highest BCUT2D eigenvalue weighted by molar-refractivity contribution is 14.1. The normalized spacial score (nSPS) is 13.2. The highest BCUT2D eigenvalue weighted by atomic mass is 127. The van der Waals surface area contributed by atoms with E-state index in [1.54, 1.807) is 0 Å². The third-order valence-electron chi connectivity index (χ3n) is 2.54. The smallest absolute Gasteiger partial charge is 0.0130 e. The van der Waals surface area contributed by atoms with Crippen molar-refractivity contribution in [1.29, 1.82) is 0 Å². The standard InChI is InChI=1S/C12H18IN/c1-9(2)12(14-3)8-10-4-6-11(13)7-5-10/h4-7,9,12,14H,8H2,1-3H3. The van der Waals surface area contributed by atoms with E-state index in [0.717, 1.165) is 6.42 Å². The maximum atomic E-state index is 3.36. The molecule has 0 saturated carbocycles. The zero-order valence-corrected chi connectivity index (χ0v) is 11.2. The van der Waals surface area contributed by atoms with E-state index in [2.05, 4.69) is 66.0 Å². The van der Waals surface area contributed by atoms with Crippen LogP contribution in [-0.2, 0) is 6.42 Å². The van der Waals surface area contributed by atoms with Crippen LogP contribution in [0, 0.1) is 9.49 Å². The summed E-state index contributed by atoms with van der Waals surface area (Å²) in [5.74, 6) is 0.680. The molecule has 0 radical (unpaired) electrons. The van der Waals surface area contributed by atoms with Crippen molar-refractivity contribution in [3.05, 3.63) is 33.4 Å². The number of nitrogens with one attached hydrogen (secondary N) is 1. The van der Waals surface area contributed by atoms with Crippen LogP contribution in [0.1, 0.15) is 19.4 Å². The van der Waals surface area contributed by atoms with Crippen LogP contribution in [0.5, 0.6) is 0 Å². The lowest BCUT2D eigenvalue weighted by molar-refractivity contribution is 0.424. The van der Waals surface area contributed by atoms with Crippen molar-refractivity contribution in [3.8, 4) is 0 Å². The Morgan fingerprint density at radius 2 is 1.79 bits per heavy atom. The molecule has 1 nitrogen and oxygen atoms in total. The van der Waals surface area contributed by atoms with E-state index in [9.17, 15) is 0 Å². The Labute approximate surface area is 100 Å². The van der Waals surface area contributed by atoms with Crippen LogP contribution in [0.3, 0.4) is 0 Å². The Morgan fingerprint density at radius 1 is 1.21 bits per heavy atom. The SMILES string of the molecule is CNC(Cc1ccc(I)cc1)C(C)C. The predicted molar refractivity (Wildman–Crippen MR) is 70.5 cm³/mol. The van der Waals surface area contributed by atoms with Crippen molar-refractivity contribution in [2.75, 3.05) is 7.05 Å². The van der Waals surface area contributed by atoms with E-state index < -0.39 is 0 Å². The Hall–Kier alpha value is -0.0900. The summed E-state index contributed by atoms with van der Waals surface area (Å²) >= 11 is 2.34. The van der Waals surface area contributed by atoms with E-state index in [1.807, 2.05) is 7.05 Å².